The Hall–Kier alpha value is -1.93. The Morgan fingerprint density at radius 3 is 2.45 bits per heavy atom. The first-order valence-corrected chi connectivity index (χ1v) is 6.02. The van der Waals surface area contributed by atoms with Gasteiger partial charge >= 0.3 is 17.9 Å². The molecule has 124 valence electrons. The quantitative estimate of drug-likeness (QED) is 0.628. The number of phenols is 1. The zero-order chi connectivity index (χ0) is 16.2. The number of aromatic hydroxyl groups is 1. The van der Waals surface area contributed by atoms with Crippen LogP contribution in [-0.4, -0.2) is 29.6 Å². The van der Waals surface area contributed by atoms with Crippen molar-refractivity contribution in [1.29, 1.82) is 0 Å². The molecule has 0 radical (unpaired) electrons. The van der Waals surface area contributed by atoms with Crippen LogP contribution in [0.3, 0.4) is 0 Å². The molecule has 1 rings (SSSR count). The number of ether oxygens (including phenoxy) is 2. The molecule has 22 heavy (non-hydrogen) atoms. The van der Waals surface area contributed by atoms with E-state index in [1.54, 1.807) is 0 Å². The Labute approximate surface area is 131 Å². The minimum Gasteiger partial charge on any atom is -0.504 e. The SMILES string of the molecule is CCOC(=O)C(F)(F)[C@H](N)c1ccc(OC(C)=O)c(O)c1.Cl. The Balaban J connectivity index is 0.00000441. The molecular weight excluding hydrogens is 324 g/mol. The van der Waals surface area contributed by atoms with Crippen LogP contribution in [0.4, 0.5) is 8.78 Å². The summed E-state index contributed by atoms with van der Waals surface area (Å²) in [6, 6.07) is 1.12. The molecule has 0 fully saturated rings. The van der Waals surface area contributed by atoms with E-state index < -0.39 is 29.7 Å². The molecule has 3 N–H and O–H groups in total. The van der Waals surface area contributed by atoms with E-state index in [4.69, 9.17) is 5.73 Å². The fourth-order valence-corrected chi connectivity index (χ4v) is 1.53. The average molecular weight is 340 g/mol. The predicted octanol–water partition coefficient (Wildman–Crippen LogP) is 1.94. The normalized spacial score (nSPS) is 12.0. The number of phenolic OH excluding ortho intramolecular Hbond substituents is 1. The lowest BCUT2D eigenvalue weighted by Crippen LogP contribution is -2.41. The second kappa shape index (κ2) is 7.90. The number of alkyl halides is 2. The second-order valence-electron chi connectivity index (χ2n) is 4.14. The second-order valence-corrected chi connectivity index (χ2v) is 4.14. The lowest BCUT2D eigenvalue weighted by molar-refractivity contribution is -0.174. The van der Waals surface area contributed by atoms with Crippen molar-refractivity contribution < 1.29 is 33.0 Å². The van der Waals surface area contributed by atoms with Gasteiger partial charge in [-0.2, -0.15) is 8.78 Å². The topological polar surface area (TPSA) is 98.9 Å². The number of halogens is 3. The summed E-state index contributed by atoms with van der Waals surface area (Å²) >= 11 is 0. The molecule has 6 nitrogen and oxygen atoms in total. The Morgan fingerprint density at radius 2 is 2.00 bits per heavy atom. The number of carbonyl (C=O) groups excluding carboxylic acids is 2. The molecule has 0 heterocycles. The van der Waals surface area contributed by atoms with Gasteiger partial charge in [0, 0.05) is 6.92 Å². The van der Waals surface area contributed by atoms with E-state index in [0.717, 1.165) is 25.1 Å². The van der Waals surface area contributed by atoms with Gasteiger partial charge in [0.25, 0.3) is 0 Å². The number of hydrogen-bond donors (Lipinski definition) is 2. The van der Waals surface area contributed by atoms with Gasteiger partial charge in [0.15, 0.2) is 11.5 Å². The van der Waals surface area contributed by atoms with Gasteiger partial charge in [0.05, 0.1) is 6.61 Å². The van der Waals surface area contributed by atoms with Crippen LogP contribution in [0.15, 0.2) is 18.2 Å². The maximum atomic E-state index is 13.8. The summed E-state index contributed by atoms with van der Waals surface area (Å²) in [6.45, 7) is 2.30. The summed E-state index contributed by atoms with van der Waals surface area (Å²) in [4.78, 5) is 22.0. The van der Waals surface area contributed by atoms with Crippen LogP contribution >= 0.6 is 12.4 Å². The van der Waals surface area contributed by atoms with Gasteiger partial charge in [0.2, 0.25) is 0 Å². The molecule has 0 amide bonds. The average Bonchev–Trinajstić information content (AvgIpc) is 2.40. The van der Waals surface area contributed by atoms with Gasteiger partial charge in [-0.25, -0.2) is 4.79 Å². The number of esters is 2. The first kappa shape index (κ1) is 20.1. The van der Waals surface area contributed by atoms with Crippen LogP contribution in [0, 0.1) is 0 Å². The van der Waals surface area contributed by atoms with Crippen LogP contribution in [-0.2, 0) is 14.3 Å². The summed E-state index contributed by atoms with van der Waals surface area (Å²) in [5, 5.41) is 9.60. The zero-order valence-electron chi connectivity index (χ0n) is 11.8. The highest BCUT2D eigenvalue weighted by Crippen LogP contribution is 2.35. The molecule has 0 saturated carbocycles. The van der Waals surface area contributed by atoms with Gasteiger partial charge in [-0.05, 0) is 24.6 Å². The molecule has 0 spiro atoms. The Kier molecular flexibility index (Phi) is 7.21. The first-order valence-electron chi connectivity index (χ1n) is 6.02. The van der Waals surface area contributed by atoms with Crippen molar-refractivity contribution in [3.8, 4) is 11.5 Å². The first-order chi connectivity index (χ1) is 9.70. The standard InChI is InChI=1S/C13H15F2NO5.ClH/c1-3-20-12(19)13(14,15)11(16)8-4-5-10(9(18)6-8)21-7(2)17;/h4-6,11,18H,3,16H2,1-2H3;1H/t11-;/m1./s1. The highest BCUT2D eigenvalue weighted by molar-refractivity contribution is 5.85. The van der Waals surface area contributed by atoms with Crippen molar-refractivity contribution in [2.45, 2.75) is 25.8 Å². The third-order valence-electron chi connectivity index (χ3n) is 2.53. The van der Waals surface area contributed by atoms with Gasteiger partial charge in [0.1, 0.15) is 6.04 Å². The van der Waals surface area contributed by atoms with Crippen molar-refractivity contribution in [3.63, 3.8) is 0 Å². The number of nitrogens with two attached hydrogens (primary N) is 1. The number of hydrogen-bond acceptors (Lipinski definition) is 6. The molecule has 0 saturated heterocycles. The summed E-state index contributed by atoms with van der Waals surface area (Å²) < 4.78 is 36.4. The highest BCUT2D eigenvalue weighted by atomic mass is 35.5. The van der Waals surface area contributed by atoms with E-state index >= 15 is 0 Å². The van der Waals surface area contributed by atoms with Crippen LogP contribution in [0.5, 0.6) is 11.5 Å². The molecule has 9 heteroatoms. The molecular formula is C13H16ClF2NO5. The molecule has 0 bridgehead atoms. The maximum absolute atomic E-state index is 13.8. The zero-order valence-corrected chi connectivity index (χ0v) is 12.7. The van der Waals surface area contributed by atoms with E-state index in [2.05, 4.69) is 9.47 Å². The van der Waals surface area contributed by atoms with Crippen LogP contribution in [0.25, 0.3) is 0 Å². The van der Waals surface area contributed by atoms with Crippen LogP contribution in [0.1, 0.15) is 25.5 Å². The predicted molar refractivity (Wildman–Crippen MR) is 75.2 cm³/mol. The number of benzene rings is 1. The molecule has 1 aromatic rings. The lowest BCUT2D eigenvalue weighted by atomic mass is 10.0. The van der Waals surface area contributed by atoms with E-state index in [1.807, 2.05) is 0 Å². The molecule has 1 aromatic carbocycles. The molecule has 0 aromatic heterocycles. The molecule has 0 unspecified atom stereocenters. The van der Waals surface area contributed by atoms with Crippen LogP contribution in [0.2, 0.25) is 0 Å². The van der Waals surface area contributed by atoms with E-state index in [-0.39, 0.29) is 30.3 Å². The third-order valence-corrected chi connectivity index (χ3v) is 2.53. The fourth-order valence-electron chi connectivity index (χ4n) is 1.53. The van der Waals surface area contributed by atoms with Crippen LogP contribution < -0.4 is 10.5 Å². The summed E-state index contributed by atoms with van der Waals surface area (Å²) in [7, 11) is 0. The fraction of sp³-hybridized carbons (Fsp3) is 0.385. The molecule has 1 atom stereocenters. The van der Waals surface area contributed by atoms with Gasteiger partial charge in [-0.15, -0.1) is 12.4 Å². The van der Waals surface area contributed by atoms with Gasteiger partial charge < -0.3 is 20.3 Å². The largest absolute Gasteiger partial charge is 0.504 e. The lowest BCUT2D eigenvalue weighted by Gasteiger charge is -2.22. The van der Waals surface area contributed by atoms with Crippen molar-refractivity contribution in [3.05, 3.63) is 23.8 Å². The van der Waals surface area contributed by atoms with E-state index in [9.17, 15) is 23.5 Å². The number of carbonyl (C=O) groups is 2. The maximum Gasteiger partial charge on any atom is 0.379 e. The van der Waals surface area contributed by atoms with Crippen molar-refractivity contribution in [2.75, 3.05) is 6.61 Å². The molecule has 0 aliphatic rings. The highest BCUT2D eigenvalue weighted by Gasteiger charge is 2.47. The van der Waals surface area contributed by atoms with Crippen molar-refractivity contribution >= 4 is 24.3 Å². The van der Waals surface area contributed by atoms with Crippen molar-refractivity contribution in [2.24, 2.45) is 5.73 Å². The van der Waals surface area contributed by atoms with Crippen molar-refractivity contribution in [1.82, 2.24) is 0 Å². The van der Waals surface area contributed by atoms with E-state index in [0.29, 0.717) is 0 Å². The van der Waals surface area contributed by atoms with Gasteiger partial charge in [-0.1, -0.05) is 6.07 Å². The monoisotopic (exact) mass is 339 g/mol. The summed E-state index contributed by atoms with van der Waals surface area (Å²) in [5.41, 5.74) is 5.15. The summed E-state index contributed by atoms with van der Waals surface area (Å²) in [6.07, 6.45) is 0. The van der Waals surface area contributed by atoms with E-state index in [1.165, 1.54) is 6.92 Å². The smallest absolute Gasteiger partial charge is 0.379 e. The summed E-state index contributed by atoms with van der Waals surface area (Å²) in [5.74, 6) is -7.12. The Morgan fingerprint density at radius 1 is 1.41 bits per heavy atom. The minimum atomic E-state index is -3.95. The Bertz CT molecular complexity index is 553. The third kappa shape index (κ3) is 4.54. The van der Waals surface area contributed by atoms with Gasteiger partial charge in [-0.3, -0.25) is 4.79 Å². The number of rotatable bonds is 5. The molecule has 0 aliphatic heterocycles. The molecule has 0 aliphatic carbocycles. The minimum absolute atomic E-state index is 0.